The fraction of sp³-hybridized carbons (Fsp3) is 0.267. The van der Waals surface area contributed by atoms with E-state index in [1.54, 1.807) is 12.2 Å². The van der Waals surface area contributed by atoms with Gasteiger partial charge in [-0.2, -0.15) is 0 Å². The van der Waals surface area contributed by atoms with E-state index in [2.05, 4.69) is 0 Å². The molecule has 0 amide bonds. The SMILES string of the molecule is O=c1c(C2C=CC=CC2)coc2c1=CCC(O)C=2. The van der Waals surface area contributed by atoms with Gasteiger partial charge in [0.2, 0.25) is 0 Å². The molecule has 1 heterocycles. The first kappa shape index (κ1) is 11.2. The summed E-state index contributed by atoms with van der Waals surface area (Å²) in [6.07, 6.45) is 13.6. The van der Waals surface area contributed by atoms with Gasteiger partial charge in [0.1, 0.15) is 5.42 Å². The van der Waals surface area contributed by atoms with Gasteiger partial charge in [0.15, 0.2) is 5.43 Å². The number of hydrogen-bond acceptors (Lipinski definition) is 3. The van der Waals surface area contributed by atoms with Gasteiger partial charge < -0.3 is 9.52 Å². The topological polar surface area (TPSA) is 50.4 Å². The van der Waals surface area contributed by atoms with Gasteiger partial charge in [0.05, 0.1) is 17.6 Å². The molecule has 2 aliphatic carbocycles. The molecule has 2 atom stereocenters. The number of fused-ring (bicyclic) bond motifs is 1. The number of aliphatic hydroxyl groups excluding tert-OH is 1. The molecule has 1 aromatic rings. The molecule has 3 rings (SSSR count). The maximum atomic E-state index is 12.4. The molecule has 92 valence electrons. The number of aliphatic hydroxyl groups is 1. The van der Waals surface area contributed by atoms with Gasteiger partial charge in [0, 0.05) is 11.5 Å². The van der Waals surface area contributed by atoms with Crippen LogP contribution in [0.15, 0.2) is 39.8 Å². The zero-order valence-electron chi connectivity index (χ0n) is 9.87. The second-order valence-electron chi connectivity index (χ2n) is 4.63. The van der Waals surface area contributed by atoms with E-state index in [4.69, 9.17) is 4.42 Å². The Labute approximate surface area is 104 Å². The third-order valence-electron chi connectivity index (χ3n) is 3.37. The largest absolute Gasteiger partial charge is 0.464 e. The van der Waals surface area contributed by atoms with E-state index in [1.807, 2.05) is 24.3 Å². The average molecular weight is 242 g/mol. The molecule has 0 fully saturated rings. The maximum absolute atomic E-state index is 12.4. The summed E-state index contributed by atoms with van der Waals surface area (Å²) in [5.74, 6) is 0.0943. The summed E-state index contributed by atoms with van der Waals surface area (Å²) in [6.45, 7) is 0. The van der Waals surface area contributed by atoms with Crippen LogP contribution in [0.5, 0.6) is 0 Å². The van der Waals surface area contributed by atoms with E-state index in [0.717, 1.165) is 6.42 Å². The summed E-state index contributed by atoms with van der Waals surface area (Å²) in [5, 5.41) is 10.1. The van der Waals surface area contributed by atoms with Gasteiger partial charge in [-0.25, -0.2) is 0 Å². The monoisotopic (exact) mass is 242 g/mol. The fourth-order valence-electron chi connectivity index (χ4n) is 2.38. The van der Waals surface area contributed by atoms with Crippen molar-refractivity contribution in [2.75, 3.05) is 0 Å². The van der Waals surface area contributed by atoms with Gasteiger partial charge in [0.25, 0.3) is 0 Å². The molecule has 0 radical (unpaired) electrons. The van der Waals surface area contributed by atoms with Gasteiger partial charge in [-0.1, -0.05) is 30.4 Å². The van der Waals surface area contributed by atoms with Crippen LogP contribution >= 0.6 is 0 Å². The van der Waals surface area contributed by atoms with E-state index in [0.29, 0.717) is 22.6 Å². The lowest BCUT2D eigenvalue weighted by molar-refractivity contribution is 0.241. The van der Waals surface area contributed by atoms with E-state index >= 15 is 0 Å². The summed E-state index contributed by atoms with van der Waals surface area (Å²) in [4.78, 5) is 12.4. The molecule has 3 heteroatoms. The molecule has 0 spiro atoms. The lowest BCUT2D eigenvalue weighted by Gasteiger charge is -2.13. The van der Waals surface area contributed by atoms with Gasteiger partial charge in [-0.3, -0.25) is 4.79 Å². The summed E-state index contributed by atoms with van der Waals surface area (Å²) >= 11 is 0. The van der Waals surface area contributed by atoms with Crippen LogP contribution in [0.1, 0.15) is 24.3 Å². The van der Waals surface area contributed by atoms with Gasteiger partial charge in [-0.15, -0.1) is 0 Å². The third kappa shape index (κ3) is 1.87. The van der Waals surface area contributed by atoms with E-state index in [-0.39, 0.29) is 11.3 Å². The van der Waals surface area contributed by atoms with Crippen molar-refractivity contribution in [3.8, 4) is 0 Å². The minimum absolute atomic E-state index is 0.0179. The predicted molar refractivity (Wildman–Crippen MR) is 69.4 cm³/mol. The van der Waals surface area contributed by atoms with Crippen LogP contribution in [0.2, 0.25) is 0 Å². The number of rotatable bonds is 1. The minimum Gasteiger partial charge on any atom is -0.464 e. The van der Waals surface area contributed by atoms with Crippen molar-refractivity contribution in [2.45, 2.75) is 24.9 Å². The second kappa shape index (κ2) is 4.42. The van der Waals surface area contributed by atoms with Crippen molar-refractivity contribution in [1.29, 1.82) is 0 Å². The Bertz CT molecular complexity index is 691. The highest BCUT2D eigenvalue weighted by Gasteiger charge is 2.16. The van der Waals surface area contributed by atoms with Gasteiger partial charge in [-0.05, 0) is 18.9 Å². The molecule has 0 saturated carbocycles. The maximum Gasteiger partial charge on any atom is 0.196 e. The Morgan fingerprint density at radius 2 is 2.17 bits per heavy atom. The molecule has 0 bridgehead atoms. The van der Waals surface area contributed by atoms with Crippen LogP contribution in [0.3, 0.4) is 0 Å². The highest BCUT2D eigenvalue weighted by atomic mass is 16.3. The molecule has 2 aliphatic rings. The number of hydrogen-bond donors (Lipinski definition) is 1. The first-order valence-electron chi connectivity index (χ1n) is 6.11. The van der Waals surface area contributed by atoms with E-state index in [1.165, 1.54) is 6.26 Å². The van der Waals surface area contributed by atoms with Crippen LogP contribution < -0.4 is 16.1 Å². The van der Waals surface area contributed by atoms with Crippen molar-refractivity contribution in [3.63, 3.8) is 0 Å². The molecule has 18 heavy (non-hydrogen) atoms. The van der Waals surface area contributed by atoms with E-state index in [9.17, 15) is 9.90 Å². The first-order valence-corrected chi connectivity index (χ1v) is 6.11. The molecular weight excluding hydrogens is 228 g/mol. The fourth-order valence-corrected chi connectivity index (χ4v) is 2.38. The standard InChI is InChI=1S/C15H14O3/c16-11-6-7-12-14(8-11)18-9-13(15(12)17)10-4-2-1-3-5-10/h1-4,7-11,16H,5-6H2. The Balaban J connectivity index is 2.16. The highest BCUT2D eigenvalue weighted by Crippen LogP contribution is 2.20. The summed E-state index contributed by atoms with van der Waals surface area (Å²) in [7, 11) is 0. The van der Waals surface area contributed by atoms with Crippen LogP contribution in [0, 0.1) is 0 Å². The summed E-state index contributed by atoms with van der Waals surface area (Å²) in [5.41, 5.74) is 1.19. The van der Waals surface area contributed by atoms with Crippen molar-refractivity contribution in [3.05, 3.63) is 57.0 Å². The minimum atomic E-state index is -0.552. The molecule has 1 N–H and O–H groups in total. The molecule has 0 aromatic carbocycles. The molecule has 3 nitrogen and oxygen atoms in total. The van der Waals surface area contributed by atoms with Crippen molar-refractivity contribution in [2.24, 2.45) is 0 Å². The Hall–Kier alpha value is -1.87. The third-order valence-corrected chi connectivity index (χ3v) is 3.37. The smallest absolute Gasteiger partial charge is 0.196 e. The van der Waals surface area contributed by atoms with E-state index < -0.39 is 6.10 Å². The predicted octanol–water partition coefficient (Wildman–Crippen LogP) is 0.565. The van der Waals surface area contributed by atoms with Crippen LogP contribution in [0.25, 0.3) is 12.2 Å². The molecule has 0 saturated heterocycles. The zero-order chi connectivity index (χ0) is 12.5. The van der Waals surface area contributed by atoms with Crippen molar-refractivity contribution >= 4 is 12.2 Å². The highest BCUT2D eigenvalue weighted by molar-refractivity contribution is 5.40. The van der Waals surface area contributed by atoms with Crippen LogP contribution in [0.4, 0.5) is 0 Å². The zero-order valence-corrected chi connectivity index (χ0v) is 9.87. The van der Waals surface area contributed by atoms with Crippen molar-refractivity contribution in [1.82, 2.24) is 0 Å². The molecule has 0 aliphatic heterocycles. The molecule has 2 unspecified atom stereocenters. The molecular formula is C15H14O3. The first-order chi connectivity index (χ1) is 8.75. The second-order valence-corrected chi connectivity index (χ2v) is 4.63. The normalized spacial score (nSPS) is 25.2. The lowest BCUT2D eigenvalue weighted by atomic mass is 9.93. The Morgan fingerprint density at radius 1 is 1.28 bits per heavy atom. The molecule has 1 aromatic heterocycles. The Morgan fingerprint density at radius 3 is 2.94 bits per heavy atom. The average Bonchev–Trinajstić information content (AvgIpc) is 2.40. The van der Waals surface area contributed by atoms with Crippen LogP contribution in [-0.4, -0.2) is 11.2 Å². The number of allylic oxidation sites excluding steroid dienone is 4. The van der Waals surface area contributed by atoms with Gasteiger partial charge >= 0.3 is 0 Å². The Kier molecular flexibility index (Phi) is 2.76. The van der Waals surface area contributed by atoms with Crippen LogP contribution in [-0.2, 0) is 0 Å². The lowest BCUT2D eigenvalue weighted by Crippen LogP contribution is -2.43. The van der Waals surface area contributed by atoms with Crippen molar-refractivity contribution < 1.29 is 9.52 Å². The quantitative estimate of drug-likeness (QED) is 0.783. The summed E-state index contributed by atoms with van der Waals surface area (Å²) in [6, 6.07) is 0. The summed E-state index contributed by atoms with van der Waals surface area (Å²) < 4.78 is 5.48.